The van der Waals surface area contributed by atoms with Crippen LogP contribution in [0.15, 0.2) is 78.2 Å². The molecule has 1 aliphatic rings. The van der Waals surface area contributed by atoms with E-state index >= 15 is 0 Å². The predicted octanol–water partition coefficient (Wildman–Crippen LogP) is 4.83. The van der Waals surface area contributed by atoms with Crippen molar-refractivity contribution in [3.8, 4) is 0 Å². The lowest BCUT2D eigenvalue weighted by molar-refractivity contribution is -0.138. The summed E-state index contributed by atoms with van der Waals surface area (Å²) in [6.45, 7) is 2.47. The zero-order valence-corrected chi connectivity index (χ0v) is 17.8. The number of thiophene rings is 1. The van der Waals surface area contributed by atoms with Gasteiger partial charge < -0.3 is 9.80 Å². The van der Waals surface area contributed by atoms with E-state index in [1.165, 1.54) is 11.3 Å². The molecule has 0 saturated carbocycles. The van der Waals surface area contributed by atoms with E-state index in [9.17, 15) is 9.59 Å². The number of nitrogens with zero attached hydrogens (tertiary/aromatic N) is 2. The Morgan fingerprint density at radius 1 is 0.833 bits per heavy atom. The zero-order chi connectivity index (χ0) is 20.8. The van der Waals surface area contributed by atoms with E-state index in [1.54, 1.807) is 0 Å². The maximum Gasteiger partial charge on any atom is 0.263 e. The Labute approximate surface area is 181 Å². The molecule has 1 aliphatic heterocycles. The average molecular weight is 419 g/mol. The Bertz CT molecular complexity index is 908. The van der Waals surface area contributed by atoms with Crippen LogP contribution in [0.25, 0.3) is 0 Å². The van der Waals surface area contributed by atoms with E-state index in [-0.39, 0.29) is 17.7 Å². The topological polar surface area (TPSA) is 40.6 Å². The molecule has 0 aliphatic carbocycles. The van der Waals surface area contributed by atoms with Gasteiger partial charge >= 0.3 is 0 Å². The molecule has 0 spiro atoms. The number of hydrogen-bond acceptors (Lipinski definition) is 3. The second kappa shape index (κ2) is 9.72. The van der Waals surface area contributed by atoms with Crippen molar-refractivity contribution in [3.05, 3.63) is 94.2 Å². The van der Waals surface area contributed by atoms with Crippen LogP contribution < -0.4 is 0 Å². The Balaban J connectivity index is 1.43. The zero-order valence-electron chi connectivity index (χ0n) is 16.9. The fourth-order valence-corrected chi connectivity index (χ4v) is 4.65. The van der Waals surface area contributed by atoms with Crippen molar-refractivity contribution in [3.63, 3.8) is 0 Å². The van der Waals surface area contributed by atoms with Crippen LogP contribution in [0.3, 0.4) is 0 Å². The smallest absolute Gasteiger partial charge is 0.263 e. The van der Waals surface area contributed by atoms with E-state index < -0.39 is 0 Å². The van der Waals surface area contributed by atoms with Crippen molar-refractivity contribution in [2.45, 2.75) is 25.9 Å². The third-order valence-electron chi connectivity index (χ3n) is 5.61. The number of benzene rings is 2. The molecule has 1 saturated heterocycles. The van der Waals surface area contributed by atoms with Gasteiger partial charge in [0.1, 0.15) is 0 Å². The lowest BCUT2D eigenvalue weighted by Gasteiger charge is -2.34. The summed E-state index contributed by atoms with van der Waals surface area (Å²) in [4.78, 5) is 30.7. The maximum atomic E-state index is 13.4. The van der Waals surface area contributed by atoms with Crippen LogP contribution in [0.1, 0.15) is 33.6 Å². The quantitative estimate of drug-likeness (QED) is 0.575. The maximum absolute atomic E-state index is 13.4. The lowest BCUT2D eigenvalue weighted by Crippen LogP contribution is -2.44. The molecule has 4 rings (SSSR count). The van der Waals surface area contributed by atoms with Gasteiger partial charge in [0.15, 0.2) is 0 Å². The van der Waals surface area contributed by atoms with Gasteiger partial charge in [-0.15, -0.1) is 11.3 Å². The molecule has 0 radical (unpaired) electrons. The molecule has 30 heavy (non-hydrogen) atoms. The Morgan fingerprint density at radius 3 is 1.90 bits per heavy atom. The van der Waals surface area contributed by atoms with E-state index in [0.29, 0.717) is 26.2 Å². The van der Waals surface area contributed by atoms with Crippen LogP contribution >= 0.6 is 11.3 Å². The van der Waals surface area contributed by atoms with Crippen LogP contribution in [0.4, 0.5) is 0 Å². The number of amides is 2. The first-order chi connectivity index (χ1) is 14.7. The van der Waals surface area contributed by atoms with Crippen molar-refractivity contribution in [1.29, 1.82) is 0 Å². The summed E-state index contributed by atoms with van der Waals surface area (Å²) in [6, 6.07) is 24.0. The first-order valence-corrected chi connectivity index (χ1v) is 11.3. The van der Waals surface area contributed by atoms with Gasteiger partial charge in [-0.3, -0.25) is 9.59 Å². The number of hydrogen-bond donors (Lipinski definition) is 0. The highest BCUT2D eigenvalue weighted by molar-refractivity contribution is 7.12. The van der Waals surface area contributed by atoms with Crippen LogP contribution in [-0.2, 0) is 17.9 Å². The summed E-state index contributed by atoms with van der Waals surface area (Å²) in [7, 11) is 0. The molecule has 0 N–H and O–H groups in total. The van der Waals surface area contributed by atoms with Gasteiger partial charge in [-0.05, 0) is 35.4 Å². The molecule has 3 aromatic rings. The summed E-state index contributed by atoms with van der Waals surface area (Å²) >= 11 is 1.47. The molecule has 1 fully saturated rings. The monoisotopic (exact) mass is 418 g/mol. The minimum Gasteiger partial charge on any atom is -0.338 e. The highest BCUT2D eigenvalue weighted by Gasteiger charge is 2.31. The molecular weight excluding hydrogens is 392 g/mol. The summed E-state index contributed by atoms with van der Waals surface area (Å²) in [6.07, 6.45) is 1.44. The Hall–Kier alpha value is -2.92. The van der Waals surface area contributed by atoms with E-state index in [2.05, 4.69) is 24.3 Å². The highest BCUT2D eigenvalue weighted by Crippen LogP contribution is 2.24. The van der Waals surface area contributed by atoms with E-state index in [4.69, 9.17) is 0 Å². The predicted molar refractivity (Wildman–Crippen MR) is 120 cm³/mol. The second-order valence-corrected chi connectivity index (χ2v) is 8.66. The first kappa shape index (κ1) is 20.4. The normalized spacial score (nSPS) is 14.5. The van der Waals surface area contributed by atoms with Crippen LogP contribution in [0, 0.1) is 5.92 Å². The van der Waals surface area contributed by atoms with Gasteiger partial charge in [-0.2, -0.15) is 0 Å². The summed E-state index contributed by atoms with van der Waals surface area (Å²) < 4.78 is 0. The molecular formula is C25H26N2O2S. The van der Waals surface area contributed by atoms with Gasteiger partial charge in [0.25, 0.3) is 5.91 Å². The van der Waals surface area contributed by atoms with Crippen molar-refractivity contribution >= 4 is 23.2 Å². The summed E-state index contributed by atoms with van der Waals surface area (Å²) in [5, 5.41) is 1.93. The Morgan fingerprint density at radius 2 is 1.40 bits per heavy atom. The largest absolute Gasteiger partial charge is 0.338 e. The van der Waals surface area contributed by atoms with Crippen molar-refractivity contribution < 1.29 is 9.59 Å². The minimum absolute atomic E-state index is 0.0372. The standard InChI is InChI=1S/C25H26N2O2S/c28-24(22-13-15-26(16-14-22)25(29)23-12-7-17-30-23)27(18-20-8-3-1-4-9-20)19-21-10-5-2-6-11-21/h1-12,17,22H,13-16,18-19H2. The van der Waals surface area contributed by atoms with Crippen molar-refractivity contribution in [2.24, 2.45) is 5.92 Å². The fraction of sp³-hybridized carbons (Fsp3) is 0.280. The second-order valence-electron chi connectivity index (χ2n) is 7.71. The molecule has 0 unspecified atom stereocenters. The molecule has 2 amide bonds. The molecule has 4 nitrogen and oxygen atoms in total. The third-order valence-corrected chi connectivity index (χ3v) is 6.47. The number of carbonyl (C=O) groups excluding carboxylic acids is 2. The van der Waals surface area contributed by atoms with Gasteiger partial charge in [0, 0.05) is 32.1 Å². The Kier molecular flexibility index (Phi) is 6.60. The highest BCUT2D eigenvalue weighted by atomic mass is 32.1. The van der Waals surface area contributed by atoms with Gasteiger partial charge in [0.05, 0.1) is 4.88 Å². The van der Waals surface area contributed by atoms with Gasteiger partial charge in [-0.25, -0.2) is 0 Å². The number of piperidine rings is 1. The molecule has 2 aromatic carbocycles. The van der Waals surface area contributed by atoms with Crippen LogP contribution in [0.2, 0.25) is 0 Å². The number of likely N-dealkylation sites (tertiary alicyclic amines) is 1. The SMILES string of the molecule is O=C(c1cccs1)N1CCC(C(=O)N(Cc2ccccc2)Cc2ccccc2)CC1. The third kappa shape index (κ3) is 4.97. The summed E-state index contributed by atoms with van der Waals surface area (Å²) in [5.74, 6) is 0.233. The van der Waals surface area contributed by atoms with Crippen molar-refractivity contribution in [2.75, 3.05) is 13.1 Å². The minimum atomic E-state index is -0.0372. The van der Waals surface area contributed by atoms with Gasteiger partial charge in [-0.1, -0.05) is 66.7 Å². The van der Waals surface area contributed by atoms with E-state index in [0.717, 1.165) is 28.8 Å². The van der Waals surface area contributed by atoms with Crippen LogP contribution in [0.5, 0.6) is 0 Å². The number of rotatable bonds is 6. The first-order valence-electron chi connectivity index (χ1n) is 10.4. The van der Waals surface area contributed by atoms with Crippen LogP contribution in [-0.4, -0.2) is 34.7 Å². The van der Waals surface area contributed by atoms with Crippen molar-refractivity contribution in [1.82, 2.24) is 9.80 Å². The fourth-order valence-electron chi connectivity index (χ4n) is 3.96. The lowest BCUT2D eigenvalue weighted by atomic mass is 9.94. The number of carbonyl (C=O) groups is 2. The molecule has 154 valence electrons. The molecule has 0 atom stereocenters. The van der Waals surface area contributed by atoms with E-state index in [1.807, 2.05) is 63.7 Å². The molecule has 0 bridgehead atoms. The van der Waals surface area contributed by atoms with Gasteiger partial charge in [0.2, 0.25) is 5.91 Å². The average Bonchev–Trinajstić information content (AvgIpc) is 3.34. The molecule has 5 heteroatoms. The molecule has 2 heterocycles. The molecule has 1 aromatic heterocycles. The summed E-state index contributed by atoms with van der Waals surface area (Å²) in [5.41, 5.74) is 2.26.